The van der Waals surface area contributed by atoms with Crippen molar-refractivity contribution in [2.45, 2.75) is 71.1 Å². The summed E-state index contributed by atoms with van der Waals surface area (Å²) >= 11 is 0. The van der Waals surface area contributed by atoms with Gasteiger partial charge in [-0.3, -0.25) is 9.80 Å². The van der Waals surface area contributed by atoms with E-state index in [1.807, 2.05) is 51.6 Å². The molecule has 0 saturated carbocycles. The number of ether oxygens (including phenoxy) is 2. The van der Waals surface area contributed by atoms with Gasteiger partial charge >= 0.3 is 0 Å². The maximum absolute atomic E-state index is 12.9. The van der Waals surface area contributed by atoms with E-state index in [4.69, 9.17) is 9.47 Å². The van der Waals surface area contributed by atoms with Gasteiger partial charge < -0.3 is 9.47 Å². The Kier molecular flexibility index (Phi) is 12.8. The molecule has 0 aromatic carbocycles. The van der Waals surface area contributed by atoms with Gasteiger partial charge in [-0.1, -0.05) is 13.8 Å². The molecule has 6 heteroatoms. The van der Waals surface area contributed by atoms with E-state index in [0.717, 1.165) is 0 Å². The first kappa shape index (κ1) is 23.7. The lowest BCUT2D eigenvalue weighted by molar-refractivity contribution is 0.0431. The highest BCUT2D eigenvalue weighted by molar-refractivity contribution is 4.83. The molecule has 0 aromatic heterocycles. The van der Waals surface area contributed by atoms with Gasteiger partial charge in [0, 0.05) is 32.3 Å². The summed E-state index contributed by atoms with van der Waals surface area (Å²) in [5, 5.41) is 0. The van der Waals surface area contributed by atoms with Crippen LogP contribution in [0.2, 0.25) is 0 Å². The highest BCUT2D eigenvalue weighted by Gasteiger charge is 2.29. The van der Waals surface area contributed by atoms with Gasteiger partial charge in [-0.05, 0) is 40.8 Å². The maximum atomic E-state index is 12.9. The molecule has 0 aromatic rings. The van der Waals surface area contributed by atoms with Gasteiger partial charge in [-0.2, -0.15) is 0 Å². The normalized spacial score (nSPS) is 30.8. The van der Waals surface area contributed by atoms with Crippen molar-refractivity contribution in [3.8, 4) is 0 Å². The van der Waals surface area contributed by atoms with E-state index in [1.165, 1.54) is 0 Å². The van der Waals surface area contributed by atoms with E-state index in [1.54, 1.807) is 7.11 Å². The zero-order chi connectivity index (χ0) is 18.7. The van der Waals surface area contributed by atoms with Crippen molar-refractivity contribution in [2.24, 2.45) is 0 Å². The van der Waals surface area contributed by atoms with Crippen LogP contribution in [0.4, 0.5) is 8.78 Å². The average Bonchev–Trinajstić information content (AvgIpc) is 3.01. The third-order valence-electron chi connectivity index (χ3n) is 4.26. The van der Waals surface area contributed by atoms with Crippen LogP contribution in [0.25, 0.3) is 0 Å². The number of nitrogens with zero attached hydrogens (tertiary/aromatic N) is 2. The van der Waals surface area contributed by atoms with Gasteiger partial charge in [0.2, 0.25) is 0 Å². The molecular weight excluding hydrogens is 314 g/mol. The van der Waals surface area contributed by atoms with E-state index in [0.29, 0.717) is 45.2 Å². The molecule has 4 nitrogen and oxygen atoms in total. The summed E-state index contributed by atoms with van der Waals surface area (Å²) in [6.45, 7) is 10.4. The van der Waals surface area contributed by atoms with Gasteiger partial charge in [0.1, 0.15) is 12.3 Å². The summed E-state index contributed by atoms with van der Waals surface area (Å²) in [4.78, 5) is 4.04. The first-order valence-corrected chi connectivity index (χ1v) is 9.12. The highest BCUT2D eigenvalue weighted by Crippen LogP contribution is 2.19. The Balaban J connectivity index is 0.000000405. The molecule has 0 spiro atoms. The first-order valence-electron chi connectivity index (χ1n) is 9.12. The molecule has 24 heavy (non-hydrogen) atoms. The van der Waals surface area contributed by atoms with E-state index < -0.39 is 12.3 Å². The predicted octanol–water partition coefficient (Wildman–Crippen LogP) is 3.15. The van der Waals surface area contributed by atoms with E-state index >= 15 is 0 Å². The summed E-state index contributed by atoms with van der Waals surface area (Å²) in [5.41, 5.74) is 0. The van der Waals surface area contributed by atoms with Crippen LogP contribution in [-0.2, 0) is 9.47 Å². The Morgan fingerprint density at radius 2 is 1.33 bits per heavy atom. The Morgan fingerprint density at radius 1 is 0.917 bits per heavy atom. The van der Waals surface area contributed by atoms with Crippen molar-refractivity contribution in [3.05, 3.63) is 0 Å². The smallest absolute Gasteiger partial charge is 0.114 e. The van der Waals surface area contributed by atoms with Crippen molar-refractivity contribution in [1.82, 2.24) is 9.80 Å². The van der Waals surface area contributed by atoms with Gasteiger partial charge in [0.15, 0.2) is 0 Å². The van der Waals surface area contributed by atoms with Crippen LogP contribution < -0.4 is 0 Å². The fourth-order valence-corrected chi connectivity index (χ4v) is 2.91. The van der Waals surface area contributed by atoms with Crippen LogP contribution in [0.5, 0.6) is 0 Å². The Morgan fingerprint density at radius 3 is 1.62 bits per heavy atom. The molecule has 2 rings (SSSR count). The van der Waals surface area contributed by atoms with Crippen molar-refractivity contribution < 1.29 is 18.3 Å². The quantitative estimate of drug-likeness (QED) is 0.759. The average molecular weight is 353 g/mol. The monoisotopic (exact) mass is 352 g/mol. The molecular formula is C18H38F2N2O2. The van der Waals surface area contributed by atoms with Crippen molar-refractivity contribution >= 4 is 0 Å². The largest absolute Gasteiger partial charge is 0.383 e. The third kappa shape index (κ3) is 9.25. The second kappa shape index (κ2) is 13.0. The molecule has 2 aliphatic rings. The Bertz CT molecular complexity index is 309. The van der Waals surface area contributed by atoms with E-state index in [-0.39, 0.29) is 12.1 Å². The molecule has 0 amide bonds. The lowest BCUT2D eigenvalue weighted by atomic mass is 10.2. The van der Waals surface area contributed by atoms with Crippen LogP contribution >= 0.6 is 0 Å². The summed E-state index contributed by atoms with van der Waals surface area (Å²) in [5.74, 6) is 0. The van der Waals surface area contributed by atoms with Gasteiger partial charge in [-0.15, -0.1) is 0 Å². The van der Waals surface area contributed by atoms with Crippen LogP contribution in [0, 0.1) is 0 Å². The van der Waals surface area contributed by atoms with Crippen molar-refractivity contribution in [2.75, 3.05) is 47.5 Å². The van der Waals surface area contributed by atoms with Gasteiger partial charge in [0.05, 0.1) is 19.3 Å². The molecule has 0 aliphatic carbocycles. The topological polar surface area (TPSA) is 24.9 Å². The summed E-state index contributed by atoms with van der Waals surface area (Å²) in [6.07, 6.45) is 0.200. The minimum absolute atomic E-state index is 0.247. The number of methoxy groups -OCH3 is 1. The molecule has 0 N–H and O–H groups in total. The molecule has 0 bridgehead atoms. The lowest BCUT2D eigenvalue weighted by Crippen LogP contribution is -2.30. The lowest BCUT2D eigenvalue weighted by Gasteiger charge is -2.19. The number of likely N-dealkylation sites (tertiary alicyclic amines) is 2. The molecule has 3 unspecified atom stereocenters. The van der Waals surface area contributed by atoms with Gasteiger partial charge in [-0.25, -0.2) is 8.78 Å². The zero-order valence-corrected chi connectivity index (χ0v) is 16.6. The second-order valence-electron chi connectivity index (χ2n) is 6.69. The van der Waals surface area contributed by atoms with Crippen molar-refractivity contribution in [1.29, 1.82) is 0 Å². The van der Waals surface area contributed by atoms with Crippen LogP contribution in [0.15, 0.2) is 0 Å². The molecule has 2 aliphatic heterocycles. The number of likely N-dealkylation sites (N-methyl/N-ethyl adjacent to an activating group) is 2. The van der Waals surface area contributed by atoms with Crippen LogP contribution in [0.1, 0.15) is 40.5 Å². The molecule has 146 valence electrons. The van der Waals surface area contributed by atoms with Gasteiger partial charge in [0.25, 0.3) is 0 Å². The Labute approximate surface area is 147 Å². The molecule has 4 atom stereocenters. The molecule has 2 heterocycles. The third-order valence-corrected chi connectivity index (χ3v) is 4.26. The second-order valence-corrected chi connectivity index (χ2v) is 6.69. The fraction of sp³-hybridized carbons (Fsp3) is 1.00. The van der Waals surface area contributed by atoms with Crippen LogP contribution in [0.3, 0.4) is 0 Å². The maximum Gasteiger partial charge on any atom is 0.114 e. The van der Waals surface area contributed by atoms with Crippen LogP contribution in [-0.4, -0.2) is 87.8 Å². The number of hydrogen-bond donors (Lipinski definition) is 0. The standard InChI is InChI=1S/C9H18FNO.C7H14FNO.C2H6/c1-7(2)12-6-9-4-8(10)5-11(9)3;1-9-4-6(8)3-7(9)5-10-2;1-2/h7-9H,4-6H2,1-3H3;6-7H,3-5H2,1-2H3;1-2H3/t;6?,7-;/m.0./s1. The molecule has 2 fully saturated rings. The summed E-state index contributed by atoms with van der Waals surface area (Å²) < 4.78 is 35.9. The molecule has 0 radical (unpaired) electrons. The number of rotatable bonds is 5. The van der Waals surface area contributed by atoms with E-state index in [9.17, 15) is 8.78 Å². The predicted molar refractivity (Wildman–Crippen MR) is 96.2 cm³/mol. The van der Waals surface area contributed by atoms with Crippen molar-refractivity contribution in [3.63, 3.8) is 0 Å². The SMILES string of the molecule is CC.CC(C)OCC1CC(F)CN1C.COC[C@@H]1CC(F)CN1C. The number of halogens is 2. The summed E-state index contributed by atoms with van der Waals surface area (Å²) in [7, 11) is 5.54. The minimum atomic E-state index is -0.657. The molecule has 2 saturated heterocycles. The number of alkyl halides is 2. The summed E-state index contributed by atoms with van der Waals surface area (Å²) in [6, 6.07) is 0.572. The Hall–Kier alpha value is -0.300. The minimum Gasteiger partial charge on any atom is -0.383 e. The zero-order valence-electron chi connectivity index (χ0n) is 16.6. The highest BCUT2D eigenvalue weighted by atomic mass is 19.1. The fourth-order valence-electron chi connectivity index (χ4n) is 2.91. The van der Waals surface area contributed by atoms with E-state index in [2.05, 4.69) is 0 Å². The first-order chi connectivity index (χ1) is 11.3. The number of hydrogen-bond acceptors (Lipinski definition) is 4.